The predicted molar refractivity (Wildman–Crippen MR) is 93.4 cm³/mol. The summed E-state index contributed by atoms with van der Waals surface area (Å²) in [5.41, 5.74) is 7.31. The van der Waals surface area contributed by atoms with E-state index in [0.29, 0.717) is 5.69 Å². The van der Waals surface area contributed by atoms with Crippen LogP contribution in [0.2, 0.25) is 0 Å². The lowest BCUT2D eigenvalue weighted by molar-refractivity contribution is 0.0698. The quantitative estimate of drug-likeness (QED) is 0.400. The van der Waals surface area contributed by atoms with Gasteiger partial charge in [0.2, 0.25) is 0 Å². The average molecular weight is 305 g/mol. The Labute approximate surface area is 134 Å². The molecule has 3 heteroatoms. The number of hydrogen-bond acceptors (Lipinski definition) is 2. The number of carbonyl (C=O) groups is 1. The molecule has 0 fully saturated rings. The molecular weight excluding hydrogens is 274 g/mol. The van der Waals surface area contributed by atoms with Crippen LogP contribution < -0.4 is 5.73 Å². The standard InChI is InChI=1S/C19H31NO2/c1-2-3-4-5-6-7-8-9-10-11-12-16-13-14-18(20)17(15-16)19(21)22/h13-15H,2-12,20H2,1H3,(H,21,22). The number of benzene rings is 1. The summed E-state index contributed by atoms with van der Waals surface area (Å²) < 4.78 is 0. The fourth-order valence-electron chi connectivity index (χ4n) is 2.76. The summed E-state index contributed by atoms with van der Waals surface area (Å²) in [7, 11) is 0. The fourth-order valence-corrected chi connectivity index (χ4v) is 2.76. The predicted octanol–water partition coefficient (Wildman–Crippen LogP) is 5.43. The number of aromatic carboxylic acids is 1. The van der Waals surface area contributed by atoms with Crippen molar-refractivity contribution in [3.05, 3.63) is 29.3 Å². The summed E-state index contributed by atoms with van der Waals surface area (Å²) in [5, 5.41) is 9.06. The number of nitrogen functional groups attached to an aromatic ring is 1. The van der Waals surface area contributed by atoms with Gasteiger partial charge in [-0.05, 0) is 30.5 Å². The minimum atomic E-state index is -0.942. The second-order valence-corrected chi connectivity index (χ2v) is 6.16. The van der Waals surface area contributed by atoms with Gasteiger partial charge in [0.1, 0.15) is 0 Å². The van der Waals surface area contributed by atoms with E-state index in [1.807, 2.05) is 6.07 Å². The van der Waals surface area contributed by atoms with Crippen LogP contribution in [-0.2, 0) is 6.42 Å². The Hall–Kier alpha value is -1.51. The van der Waals surface area contributed by atoms with Crippen molar-refractivity contribution in [1.82, 2.24) is 0 Å². The van der Waals surface area contributed by atoms with Crippen LogP contribution in [0.15, 0.2) is 18.2 Å². The van der Waals surface area contributed by atoms with Crippen LogP contribution >= 0.6 is 0 Å². The molecule has 1 rings (SSSR count). The highest BCUT2D eigenvalue weighted by Crippen LogP contribution is 2.17. The molecule has 0 heterocycles. The Bertz CT molecular complexity index is 443. The number of unbranched alkanes of at least 4 members (excludes halogenated alkanes) is 9. The maximum Gasteiger partial charge on any atom is 0.337 e. The number of carboxylic acid groups (broad SMARTS) is 1. The minimum Gasteiger partial charge on any atom is -0.478 e. The van der Waals surface area contributed by atoms with Gasteiger partial charge in [0.15, 0.2) is 0 Å². The number of nitrogens with two attached hydrogens (primary N) is 1. The van der Waals surface area contributed by atoms with E-state index in [0.717, 1.165) is 18.4 Å². The van der Waals surface area contributed by atoms with Gasteiger partial charge in [-0.25, -0.2) is 4.79 Å². The van der Waals surface area contributed by atoms with Crippen LogP contribution in [-0.4, -0.2) is 11.1 Å². The second-order valence-electron chi connectivity index (χ2n) is 6.16. The molecule has 3 N–H and O–H groups in total. The van der Waals surface area contributed by atoms with Gasteiger partial charge in [-0.15, -0.1) is 0 Å². The summed E-state index contributed by atoms with van der Waals surface area (Å²) >= 11 is 0. The molecule has 3 nitrogen and oxygen atoms in total. The van der Waals surface area contributed by atoms with Crippen LogP contribution in [0.25, 0.3) is 0 Å². The summed E-state index contributed by atoms with van der Waals surface area (Å²) in [4.78, 5) is 11.0. The molecule has 0 aliphatic carbocycles. The molecule has 0 aliphatic rings. The molecule has 0 saturated heterocycles. The molecule has 1 aromatic rings. The van der Waals surface area contributed by atoms with Gasteiger partial charge in [0.25, 0.3) is 0 Å². The zero-order valence-corrected chi connectivity index (χ0v) is 13.9. The molecule has 0 unspecified atom stereocenters. The molecule has 22 heavy (non-hydrogen) atoms. The van der Waals surface area contributed by atoms with Crippen LogP contribution in [0.1, 0.15) is 87.1 Å². The average Bonchev–Trinajstić information content (AvgIpc) is 2.50. The Morgan fingerprint density at radius 2 is 1.50 bits per heavy atom. The van der Waals surface area contributed by atoms with Crippen molar-refractivity contribution in [3.63, 3.8) is 0 Å². The normalized spacial score (nSPS) is 10.8. The SMILES string of the molecule is CCCCCCCCCCCCc1ccc(N)c(C(=O)O)c1. The second kappa shape index (κ2) is 11.1. The van der Waals surface area contributed by atoms with Crippen molar-refractivity contribution in [2.24, 2.45) is 0 Å². The largest absolute Gasteiger partial charge is 0.478 e. The van der Waals surface area contributed by atoms with E-state index in [4.69, 9.17) is 10.8 Å². The molecule has 0 aliphatic heterocycles. The van der Waals surface area contributed by atoms with E-state index in [-0.39, 0.29) is 5.56 Å². The molecule has 0 saturated carbocycles. The summed E-state index contributed by atoms with van der Waals surface area (Å²) in [6, 6.07) is 5.36. The van der Waals surface area contributed by atoms with Crippen LogP contribution in [0.3, 0.4) is 0 Å². The number of rotatable bonds is 12. The van der Waals surface area contributed by atoms with Gasteiger partial charge in [-0.3, -0.25) is 0 Å². The van der Waals surface area contributed by atoms with Gasteiger partial charge in [0.05, 0.1) is 5.56 Å². The van der Waals surface area contributed by atoms with E-state index in [1.54, 1.807) is 12.1 Å². The van der Waals surface area contributed by atoms with Crippen molar-refractivity contribution >= 4 is 11.7 Å². The Kier molecular flexibility index (Phi) is 9.36. The topological polar surface area (TPSA) is 63.3 Å². The molecule has 0 aromatic heterocycles. The highest BCUT2D eigenvalue weighted by molar-refractivity contribution is 5.93. The monoisotopic (exact) mass is 305 g/mol. The first-order valence-corrected chi connectivity index (χ1v) is 8.77. The number of carboxylic acids is 1. The van der Waals surface area contributed by atoms with Gasteiger partial charge < -0.3 is 10.8 Å². The molecule has 0 atom stereocenters. The lowest BCUT2D eigenvalue weighted by Crippen LogP contribution is -2.03. The van der Waals surface area contributed by atoms with Crippen molar-refractivity contribution < 1.29 is 9.90 Å². The Morgan fingerprint density at radius 1 is 0.955 bits per heavy atom. The molecule has 0 radical (unpaired) electrons. The van der Waals surface area contributed by atoms with Crippen molar-refractivity contribution in [3.8, 4) is 0 Å². The third-order valence-electron chi connectivity index (χ3n) is 4.17. The summed E-state index contributed by atoms with van der Waals surface area (Å²) in [6.07, 6.45) is 14.1. The number of aryl methyl sites for hydroxylation is 1. The first kappa shape index (κ1) is 18.5. The Morgan fingerprint density at radius 3 is 2.05 bits per heavy atom. The van der Waals surface area contributed by atoms with Crippen LogP contribution in [0.4, 0.5) is 5.69 Å². The molecule has 1 aromatic carbocycles. The molecule has 0 amide bonds. The third kappa shape index (κ3) is 7.48. The lowest BCUT2D eigenvalue weighted by atomic mass is 10.0. The van der Waals surface area contributed by atoms with Crippen molar-refractivity contribution in [2.75, 3.05) is 5.73 Å². The first-order chi connectivity index (χ1) is 10.6. The van der Waals surface area contributed by atoms with E-state index < -0.39 is 5.97 Å². The highest BCUT2D eigenvalue weighted by Gasteiger charge is 2.08. The molecule has 0 spiro atoms. The molecule has 0 bridgehead atoms. The highest BCUT2D eigenvalue weighted by atomic mass is 16.4. The summed E-state index contributed by atoms with van der Waals surface area (Å²) in [5.74, 6) is -0.942. The molecular formula is C19H31NO2. The smallest absolute Gasteiger partial charge is 0.337 e. The number of hydrogen-bond donors (Lipinski definition) is 2. The van der Waals surface area contributed by atoms with Gasteiger partial charge in [-0.2, -0.15) is 0 Å². The Balaban J connectivity index is 2.10. The van der Waals surface area contributed by atoms with E-state index >= 15 is 0 Å². The van der Waals surface area contributed by atoms with E-state index in [2.05, 4.69) is 6.92 Å². The zero-order chi connectivity index (χ0) is 16.2. The van der Waals surface area contributed by atoms with Gasteiger partial charge in [-0.1, -0.05) is 70.8 Å². The lowest BCUT2D eigenvalue weighted by Gasteiger charge is -2.06. The maximum absolute atomic E-state index is 11.0. The van der Waals surface area contributed by atoms with Crippen LogP contribution in [0.5, 0.6) is 0 Å². The first-order valence-electron chi connectivity index (χ1n) is 8.77. The third-order valence-corrected chi connectivity index (χ3v) is 4.17. The van der Waals surface area contributed by atoms with Crippen LogP contribution in [0, 0.1) is 0 Å². The van der Waals surface area contributed by atoms with Gasteiger partial charge >= 0.3 is 5.97 Å². The van der Waals surface area contributed by atoms with Gasteiger partial charge in [0, 0.05) is 5.69 Å². The minimum absolute atomic E-state index is 0.226. The van der Waals surface area contributed by atoms with Crippen molar-refractivity contribution in [2.45, 2.75) is 77.6 Å². The maximum atomic E-state index is 11.0. The fraction of sp³-hybridized carbons (Fsp3) is 0.632. The van der Waals surface area contributed by atoms with Crippen molar-refractivity contribution in [1.29, 1.82) is 0 Å². The summed E-state index contributed by atoms with van der Waals surface area (Å²) in [6.45, 7) is 2.25. The zero-order valence-electron chi connectivity index (χ0n) is 13.9. The van der Waals surface area contributed by atoms with E-state index in [9.17, 15) is 4.79 Å². The molecule has 124 valence electrons. The van der Waals surface area contributed by atoms with E-state index in [1.165, 1.54) is 57.8 Å². The number of anilines is 1.